The van der Waals surface area contributed by atoms with E-state index in [1.165, 1.54) is 0 Å². The van der Waals surface area contributed by atoms with Crippen molar-refractivity contribution in [2.24, 2.45) is 0 Å². The van der Waals surface area contributed by atoms with E-state index in [-0.39, 0.29) is 5.56 Å². The Morgan fingerprint density at radius 1 is 1.07 bits per heavy atom. The van der Waals surface area contributed by atoms with Gasteiger partial charge in [-0.15, -0.1) is 0 Å². The van der Waals surface area contributed by atoms with E-state index in [1.54, 1.807) is 10.5 Å². The SMILES string of the molecule is CCc1nc(C)cn2cc(-c3cc(=O)n4cc(N5CCCNCC5)ccc4n3)cc12. The van der Waals surface area contributed by atoms with Crippen molar-refractivity contribution in [3.63, 3.8) is 0 Å². The molecule has 1 fully saturated rings. The van der Waals surface area contributed by atoms with Crippen LogP contribution >= 0.6 is 0 Å². The molecule has 4 aromatic rings. The molecule has 1 aliphatic rings. The fourth-order valence-electron chi connectivity index (χ4n) is 4.25. The van der Waals surface area contributed by atoms with Gasteiger partial charge in [-0.05, 0) is 44.5 Å². The Bertz CT molecular complexity index is 1280. The van der Waals surface area contributed by atoms with Crippen molar-refractivity contribution in [1.82, 2.24) is 24.1 Å². The van der Waals surface area contributed by atoms with Crippen LogP contribution in [0.2, 0.25) is 0 Å². The predicted molar refractivity (Wildman–Crippen MR) is 119 cm³/mol. The molecule has 0 unspecified atom stereocenters. The lowest BCUT2D eigenvalue weighted by Crippen LogP contribution is -2.28. The van der Waals surface area contributed by atoms with Crippen LogP contribution in [-0.2, 0) is 6.42 Å². The smallest absolute Gasteiger partial charge is 0.258 e. The maximum absolute atomic E-state index is 12.9. The minimum Gasteiger partial charge on any atom is -0.369 e. The second-order valence-electron chi connectivity index (χ2n) is 7.89. The van der Waals surface area contributed by atoms with Crippen LogP contribution < -0.4 is 15.8 Å². The summed E-state index contributed by atoms with van der Waals surface area (Å²) in [5.41, 5.74) is 6.37. The van der Waals surface area contributed by atoms with Gasteiger partial charge in [0.15, 0.2) is 0 Å². The molecule has 0 atom stereocenters. The topological polar surface area (TPSA) is 66.9 Å². The van der Waals surface area contributed by atoms with Gasteiger partial charge in [0.1, 0.15) is 5.65 Å². The van der Waals surface area contributed by atoms with Gasteiger partial charge in [-0.2, -0.15) is 0 Å². The number of hydrogen-bond donors (Lipinski definition) is 1. The number of aryl methyl sites for hydroxylation is 2. The van der Waals surface area contributed by atoms with Crippen LogP contribution in [-0.4, -0.2) is 44.9 Å². The molecule has 1 N–H and O–H groups in total. The highest BCUT2D eigenvalue weighted by Gasteiger charge is 2.13. The average molecular weight is 403 g/mol. The molecule has 0 spiro atoms. The zero-order valence-corrected chi connectivity index (χ0v) is 17.4. The van der Waals surface area contributed by atoms with Crippen LogP contribution in [0.3, 0.4) is 0 Å². The van der Waals surface area contributed by atoms with Crippen LogP contribution in [0.4, 0.5) is 5.69 Å². The predicted octanol–water partition coefficient (Wildman–Crippen LogP) is 2.68. The first kappa shape index (κ1) is 18.8. The van der Waals surface area contributed by atoms with Gasteiger partial charge >= 0.3 is 0 Å². The molecular formula is C23H26N6O. The Balaban J connectivity index is 1.57. The van der Waals surface area contributed by atoms with Gasteiger partial charge in [0.05, 0.1) is 28.3 Å². The van der Waals surface area contributed by atoms with Crippen molar-refractivity contribution in [3.8, 4) is 11.3 Å². The molecule has 0 radical (unpaired) electrons. The first-order valence-electron chi connectivity index (χ1n) is 10.6. The quantitative estimate of drug-likeness (QED) is 0.571. The average Bonchev–Trinajstić information content (AvgIpc) is 2.99. The Morgan fingerprint density at radius 3 is 2.83 bits per heavy atom. The maximum atomic E-state index is 12.9. The molecule has 30 heavy (non-hydrogen) atoms. The third-order valence-electron chi connectivity index (χ3n) is 5.76. The van der Waals surface area contributed by atoms with Gasteiger partial charge in [-0.1, -0.05) is 6.92 Å². The lowest BCUT2D eigenvalue weighted by Gasteiger charge is -2.22. The Kier molecular flexibility index (Phi) is 4.75. The molecule has 0 aromatic carbocycles. The fraction of sp³-hybridized carbons (Fsp3) is 0.348. The van der Waals surface area contributed by atoms with E-state index >= 15 is 0 Å². The highest BCUT2D eigenvalue weighted by Crippen LogP contribution is 2.23. The maximum Gasteiger partial charge on any atom is 0.258 e. The van der Waals surface area contributed by atoms with E-state index in [0.717, 1.165) is 67.2 Å². The van der Waals surface area contributed by atoms with Crippen molar-refractivity contribution in [3.05, 3.63) is 64.6 Å². The number of nitrogens with one attached hydrogen (secondary N) is 1. The van der Waals surface area contributed by atoms with Crippen molar-refractivity contribution < 1.29 is 0 Å². The fourth-order valence-corrected chi connectivity index (χ4v) is 4.25. The second-order valence-corrected chi connectivity index (χ2v) is 7.89. The van der Waals surface area contributed by atoms with E-state index < -0.39 is 0 Å². The number of rotatable bonds is 3. The van der Waals surface area contributed by atoms with E-state index in [0.29, 0.717) is 11.3 Å². The first-order valence-corrected chi connectivity index (χ1v) is 10.6. The molecule has 154 valence electrons. The Morgan fingerprint density at radius 2 is 1.97 bits per heavy atom. The zero-order valence-electron chi connectivity index (χ0n) is 17.4. The number of anilines is 1. The summed E-state index contributed by atoms with van der Waals surface area (Å²) in [6.07, 6.45) is 7.91. The number of aromatic nitrogens is 4. The van der Waals surface area contributed by atoms with Crippen LogP contribution in [0.15, 0.2) is 47.7 Å². The minimum atomic E-state index is -0.0647. The van der Waals surface area contributed by atoms with E-state index in [4.69, 9.17) is 4.98 Å². The molecule has 7 nitrogen and oxygen atoms in total. The molecule has 7 heteroatoms. The van der Waals surface area contributed by atoms with Crippen molar-refractivity contribution in [1.29, 1.82) is 0 Å². The molecule has 1 saturated heterocycles. The number of nitrogens with zero attached hydrogens (tertiary/aromatic N) is 5. The second kappa shape index (κ2) is 7.57. The molecular weight excluding hydrogens is 376 g/mol. The summed E-state index contributed by atoms with van der Waals surface area (Å²) in [5, 5.41) is 3.41. The van der Waals surface area contributed by atoms with Gasteiger partial charge in [0.25, 0.3) is 5.56 Å². The molecule has 0 bridgehead atoms. The van der Waals surface area contributed by atoms with Gasteiger partial charge in [0.2, 0.25) is 0 Å². The van der Waals surface area contributed by atoms with E-state index in [9.17, 15) is 4.79 Å². The highest BCUT2D eigenvalue weighted by atomic mass is 16.1. The third-order valence-corrected chi connectivity index (χ3v) is 5.76. The van der Waals surface area contributed by atoms with Crippen molar-refractivity contribution in [2.45, 2.75) is 26.7 Å². The highest BCUT2D eigenvalue weighted by molar-refractivity contribution is 5.70. The number of pyridine rings is 1. The third kappa shape index (κ3) is 3.35. The Labute approximate surface area is 175 Å². The standard InChI is InChI=1S/C23H26N6O/c1-3-19-21-11-17(14-28(21)13-16(2)25-19)20-12-23(30)29-15-18(5-6-22(29)26-20)27-9-4-7-24-8-10-27/h5-6,11-15,24H,3-4,7-10H2,1-2H3. The van der Waals surface area contributed by atoms with Crippen LogP contribution in [0, 0.1) is 6.92 Å². The van der Waals surface area contributed by atoms with Gasteiger partial charge in [-0.3, -0.25) is 14.2 Å². The van der Waals surface area contributed by atoms with Crippen molar-refractivity contribution >= 4 is 16.9 Å². The molecule has 5 heterocycles. The summed E-state index contributed by atoms with van der Waals surface area (Å²) < 4.78 is 3.73. The van der Waals surface area contributed by atoms with Gasteiger partial charge in [0, 0.05) is 49.9 Å². The summed E-state index contributed by atoms with van der Waals surface area (Å²) in [6, 6.07) is 7.71. The van der Waals surface area contributed by atoms with Crippen LogP contribution in [0.25, 0.3) is 22.4 Å². The molecule has 4 aromatic heterocycles. The number of fused-ring (bicyclic) bond motifs is 2. The van der Waals surface area contributed by atoms with Crippen LogP contribution in [0.5, 0.6) is 0 Å². The summed E-state index contributed by atoms with van der Waals surface area (Å²) in [4.78, 5) is 24.7. The van der Waals surface area contributed by atoms with Crippen LogP contribution in [0.1, 0.15) is 24.7 Å². The summed E-state index contributed by atoms with van der Waals surface area (Å²) in [5.74, 6) is 0. The lowest BCUT2D eigenvalue weighted by molar-refractivity contribution is 0.724. The molecule has 0 aliphatic carbocycles. The van der Waals surface area contributed by atoms with Gasteiger partial charge in [-0.25, -0.2) is 4.98 Å². The zero-order chi connectivity index (χ0) is 20.7. The molecule has 1 aliphatic heterocycles. The van der Waals surface area contributed by atoms with E-state index in [2.05, 4.69) is 38.7 Å². The largest absolute Gasteiger partial charge is 0.369 e. The molecule has 5 rings (SSSR count). The molecule has 0 saturated carbocycles. The van der Waals surface area contributed by atoms with Crippen molar-refractivity contribution in [2.75, 3.05) is 31.1 Å². The van der Waals surface area contributed by atoms with E-state index in [1.807, 2.05) is 31.6 Å². The monoisotopic (exact) mass is 402 g/mol. The summed E-state index contributed by atoms with van der Waals surface area (Å²) >= 11 is 0. The molecule has 0 amide bonds. The normalized spacial score (nSPS) is 15.1. The first-order chi connectivity index (χ1) is 14.6. The Hall–Kier alpha value is -3.19. The summed E-state index contributed by atoms with van der Waals surface area (Å²) in [6.45, 7) is 8.03. The van der Waals surface area contributed by atoms with Gasteiger partial charge < -0.3 is 14.6 Å². The summed E-state index contributed by atoms with van der Waals surface area (Å²) in [7, 11) is 0. The lowest BCUT2D eigenvalue weighted by atomic mass is 10.2. The number of hydrogen-bond acceptors (Lipinski definition) is 5. The minimum absolute atomic E-state index is 0.0647.